The molecule has 0 N–H and O–H groups in total. The molecule has 1 aromatic carbocycles. The van der Waals surface area contributed by atoms with Gasteiger partial charge in [-0.2, -0.15) is 0 Å². The molecule has 1 heterocycles. The van der Waals surface area contributed by atoms with E-state index in [0.717, 1.165) is 10.9 Å². The molecule has 2 aromatic rings. The van der Waals surface area contributed by atoms with Gasteiger partial charge in [-0.1, -0.05) is 36.0 Å². The topological polar surface area (TPSA) is 53.0 Å². The summed E-state index contributed by atoms with van der Waals surface area (Å²) in [7, 11) is 0. The summed E-state index contributed by atoms with van der Waals surface area (Å²) in [5.74, 6) is -1.07. The maximum Gasteiger partial charge on any atom is 0.0973 e. The van der Waals surface area contributed by atoms with E-state index >= 15 is 0 Å². The number of nitrogens with zero attached hydrogens (tertiary/aromatic N) is 1. The van der Waals surface area contributed by atoms with E-state index in [1.165, 1.54) is 11.8 Å². The number of carboxylic acids is 1. The Kier molecular flexibility index (Phi) is 3.10. The van der Waals surface area contributed by atoms with Crippen molar-refractivity contribution in [1.29, 1.82) is 0 Å². The molecule has 0 aliphatic rings. The number of thioether (sulfide) groups is 1. The Bertz CT molecular complexity index is 527. The maximum atomic E-state index is 10.6. The zero-order valence-electron chi connectivity index (χ0n) is 8.71. The van der Waals surface area contributed by atoms with Gasteiger partial charge in [0.15, 0.2) is 0 Å². The van der Waals surface area contributed by atoms with Crippen LogP contribution in [0.25, 0.3) is 10.9 Å². The zero-order valence-corrected chi connectivity index (χ0v) is 9.53. The van der Waals surface area contributed by atoms with Crippen molar-refractivity contribution in [3.63, 3.8) is 0 Å². The molecule has 0 saturated carbocycles. The van der Waals surface area contributed by atoms with Crippen molar-refractivity contribution in [2.75, 3.05) is 0 Å². The van der Waals surface area contributed by atoms with Gasteiger partial charge in [-0.15, -0.1) is 0 Å². The van der Waals surface area contributed by atoms with Crippen molar-refractivity contribution in [2.45, 2.75) is 17.2 Å². The Hall–Kier alpha value is -1.55. The summed E-state index contributed by atoms with van der Waals surface area (Å²) in [5, 5.41) is 11.8. The first kappa shape index (κ1) is 11.0. The number of fused-ring (bicyclic) bond motifs is 1. The smallest absolute Gasteiger partial charge is 0.0973 e. The van der Waals surface area contributed by atoms with Gasteiger partial charge in [-0.3, -0.25) is 0 Å². The molecular formula is C12H10NO2S-. The number of rotatable bonds is 3. The molecule has 0 spiro atoms. The summed E-state index contributed by atoms with van der Waals surface area (Å²) in [6.45, 7) is 1.59. The molecule has 16 heavy (non-hydrogen) atoms. The van der Waals surface area contributed by atoms with Crippen molar-refractivity contribution >= 4 is 28.6 Å². The van der Waals surface area contributed by atoms with Gasteiger partial charge in [0, 0.05) is 10.6 Å². The number of carbonyl (C=O) groups is 1. The maximum absolute atomic E-state index is 10.6. The second kappa shape index (κ2) is 4.53. The molecule has 2 rings (SSSR count). The first-order valence-electron chi connectivity index (χ1n) is 4.90. The number of hydrogen-bond acceptors (Lipinski definition) is 4. The Balaban J connectivity index is 2.29. The van der Waals surface area contributed by atoms with E-state index in [4.69, 9.17) is 0 Å². The van der Waals surface area contributed by atoms with E-state index in [1.54, 1.807) is 6.92 Å². The van der Waals surface area contributed by atoms with Crippen LogP contribution in [-0.4, -0.2) is 16.2 Å². The fourth-order valence-electron chi connectivity index (χ4n) is 1.34. The molecular weight excluding hydrogens is 222 g/mol. The van der Waals surface area contributed by atoms with Crippen LogP contribution < -0.4 is 5.11 Å². The van der Waals surface area contributed by atoms with E-state index in [9.17, 15) is 9.90 Å². The van der Waals surface area contributed by atoms with Gasteiger partial charge < -0.3 is 9.90 Å². The van der Waals surface area contributed by atoms with E-state index in [0.29, 0.717) is 5.03 Å². The van der Waals surface area contributed by atoms with Crippen molar-refractivity contribution in [3.05, 3.63) is 36.4 Å². The summed E-state index contributed by atoms with van der Waals surface area (Å²) in [4.78, 5) is 15.0. The van der Waals surface area contributed by atoms with E-state index in [1.807, 2.05) is 36.4 Å². The minimum Gasteiger partial charge on any atom is -0.549 e. The van der Waals surface area contributed by atoms with Crippen LogP contribution in [0.5, 0.6) is 0 Å². The summed E-state index contributed by atoms with van der Waals surface area (Å²) in [6, 6.07) is 11.5. The summed E-state index contributed by atoms with van der Waals surface area (Å²) in [6.07, 6.45) is 0. The molecule has 0 unspecified atom stereocenters. The first-order chi connectivity index (χ1) is 7.66. The van der Waals surface area contributed by atoms with Gasteiger partial charge in [0.25, 0.3) is 0 Å². The average molecular weight is 232 g/mol. The quantitative estimate of drug-likeness (QED) is 0.752. The second-order valence-corrected chi connectivity index (χ2v) is 4.78. The number of aliphatic carboxylic acids is 1. The lowest BCUT2D eigenvalue weighted by Crippen LogP contribution is -2.31. The van der Waals surface area contributed by atoms with Crippen LogP contribution in [0.4, 0.5) is 0 Å². The minimum atomic E-state index is -1.07. The van der Waals surface area contributed by atoms with Crippen LogP contribution in [0.3, 0.4) is 0 Å². The number of carbonyl (C=O) groups excluding carboxylic acids is 1. The fourth-order valence-corrected chi connectivity index (χ4v) is 2.10. The molecule has 1 aromatic heterocycles. The zero-order chi connectivity index (χ0) is 11.5. The Morgan fingerprint density at radius 1 is 1.31 bits per heavy atom. The van der Waals surface area contributed by atoms with Gasteiger partial charge in [0.2, 0.25) is 0 Å². The summed E-state index contributed by atoms with van der Waals surface area (Å²) >= 11 is 1.19. The van der Waals surface area contributed by atoms with Crippen LogP contribution in [-0.2, 0) is 4.79 Å². The number of carboxylic acid groups (broad SMARTS) is 1. The van der Waals surface area contributed by atoms with Gasteiger partial charge in [0.1, 0.15) is 0 Å². The summed E-state index contributed by atoms with van der Waals surface area (Å²) in [5.41, 5.74) is 0.873. The number of benzene rings is 1. The monoisotopic (exact) mass is 232 g/mol. The van der Waals surface area contributed by atoms with Gasteiger partial charge in [-0.05, 0) is 19.1 Å². The Morgan fingerprint density at radius 2 is 2.06 bits per heavy atom. The highest BCUT2D eigenvalue weighted by atomic mass is 32.2. The lowest BCUT2D eigenvalue weighted by atomic mass is 10.2. The molecule has 0 saturated heterocycles. The van der Waals surface area contributed by atoms with E-state index < -0.39 is 11.2 Å². The molecule has 3 nitrogen and oxygen atoms in total. The number of aromatic nitrogens is 1. The van der Waals surface area contributed by atoms with Gasteiger partial charge in [-0.25, -0.2) is 4.98 Å². The third-order valence-corrected chi connectivity index (χ3v) is 3.22. The summed E-state index contributed by atoms with van der Waals surface area (Å²) < 4.78 is 0. The van der Waals surface area contributed by atoms with Gasteiger partial charge >= 0.3 is 0 Å². The normalized spacial score (nSPS) is 12.6. The van der Waals surface area contributed by atoms with Crippen molar-refractivity contribution in [2.24, 2.45) is 0 Å². The highest BCUT2D eigenvalue weighted by Crippen LogP contribution is 2.23. The number of pyridine rings is 1. The van der Waals surface area contributed by atoms with Crippen molar-refractivity contribution in [3.8, 4) is 0 Å². The molecule has 0 radical (unpaired) electrons. The van der Waals surface area contributed by atoms with Gasteiger partial charge in [0.05, 0.1) is 16.5 Å². The predicted molar refractivity (Wildman–Crippen MR) is 62.1 cm³/mol. The Morgan fingerprint density at radius 3 is 2.81 bits per heavy atom. The van der Waals surface area contributed by atoms with Crippen molar-refractivity contribution < 1.29 is 9.90 Å². The van der Waals surface area contributed by atoms with Crippen LogP contribution >= 0.6 is 11.8 Å². The standard InChI is InChI=1S/C12H11NO2S/c1-8(12(14)15)16-11-7-6-9-4-2-3-5-10(9)13-11/h2-8H,1H3,(H,14,15)/p-1/t8-/m0/s1. The highest BCUT2D eigenvalue weighted by Gasteiger charge is 2.06. The number of hydrogen-bond donors (Lipinski definition) is 0. The molecule has 0 bridgehead atoms. The molecule has 82 valence electrons. The van der Waals surface area contributed by atoms with Crippen molar-refractivity contribution in [1.82, 2.24) is 4.98 Å². The predicted octanol–water partition coefficient (Wildman–Crippen LogP) is 1.47. The van der Waals surface area contributed by atoms with Crippen LogP contribution in [0.15, 0.2) is 41.4 Å². The second-order valence-electron chi connectivity index (χ2n) is 3.42. The molecule has 0 aliphatic heterocycles. The molecule has 1 atom stereocenters. The molecule has 4 heteroatoms. The SMILES string of the molecule is C[C@H](Sc1ccc2ccccc2n1)C(=O)[O-]. The molecule has 0 fully saturated rings. The lowest BCUT2D eigenvalue weighted by molar-refractivity contribution is -0.304. The van der Waals surface area contributed by atoms with E-state index in [2.05, 4.69) is 4.98 Å². The Labute approximate surface area is 97.5 Å². The molecule has 0 amide bonds. The minimum absolute atomic E-state index is 0.589. The first-order valence-corrected chi connectivity index (χ1v) is 5.78. The number of para-hydroxylation sites is 1. The third kappa shape index (κ3) is 2.33. The fraction of sp³-hybridized carbons (Fsp3) is 0.167. The van der Waals surface area contributed by atoms with Crippen LogP contribution in [0.2, 0.25) is 0 Å². The van der Waals surface area contributed by atoms with Crippen LogP contribution in [0, 0.1) is 0 Å². The lowest BCUT2D eigenvalue weighted by Gasteiger charge is -2.11. The molecule has 0 aliphatic carbocycles. The highest BCUT2D eigenvalue weighted by molar-refractivity contribution is 8.00. The average Bonchev–Trinajstić information content (AvgIpc) is 2.28. The largest absolute Gasteiger partial charge is 0.549 e. The van der Waals surface area contributed by atoms with Crippen LogP contribution in [0.1, 0.15) is 6.92 Å². The third-order valence-electron chi connectivity index (χ3n) is 2.20. The van der Waals surface area contributed by atoms with E-state index in [-0.39, 0.29) is 0 Å².